The molecular formula is C18H24NO3-. The van der Waals surface area contributed by atoms with Crippen LogP contribution in [0.25, 0.3) is 0 Å². The molecular weight excluding hydrogens is 278 g/mol. The Kier molecular flexibility index (Phi) is 5.99. The smallest absolute Gasteiger partial charge is 0.223 e. The van der Waals surface area contributed by atoms with E-state index in [9.17, 15) is 14.7 Å². The average Bonchev–Trinajstić information content (AvgIpc) is 2.54. The minimum atomic E-state index is -1.09. The topological polar surface area (TPSA) is 69.2 Å². The Hall–Kier alpha value is -1.84. The molecule has 3 atom stereocenters. The lowest BCUT2D eigenvalue weighted by Crippen LogP contribution is -2.46. The molecule has 0 saturated heterocycles. The van der Waals surface area contributed by atoms with Crippen LogP contribution in [0.1, 0.15) is 44.6 Å². The fraction of sp³-hybridized carbons (Fsp3) is 0.556. The number of hydrogen-bond acceptors (Lipinski definition) is 3. The van der Waals surface area contributed by atoms with Gasteiger partial charge in [0, 0.05) is 23.8 Å². The number of aliphatic carboxylic acids is 1. The highest BCUT2D eigenvalue weighted by Gasteiger charge is 2.32. The van der Waals surface area contributed by atoms with E-state index in [2.05, 4.69) is 17.4 Å². The second kappa shape index (κ2) is 7.97. The molecule has 4 nitrogen and oxygen atoms in total. The average molecular weight is 302 g/mol. The van der Waals surface area contributed by atoms with Crippen molar-refractivity contribution in [1.29, 1.82) is 0 Å². The Labute approximate surface area is 131 Å². The van der Waals surface area contributed by atoms with E-state index in [1.807, 2.05) is 25.1 Å². The number of aryl methyl sites for hydroxylation is 1. The summed E-state index contributed by atoms with van der Waals surface area (Å²) in [6.07, 6.45) is 4.73. The lowest BCUT2D eigenvalue weighted by atomic mass is 9.78. The summed E-state index contributed by atoms with van der Waals surface area (Å²) >= 11 is 0. The van der Waals surface area contributed by atoms with Gasteiger partial charge < -0.3 is 15.2 Å². The molecule has 1 amide bonds. The van der Waals surface area contributed by atoms with Gasteiger partial charge in [-0.05, 0) is 38.2 Å². The predicted octanol–water partition coefficient (Wildman–Crippen LogP) is 1.68. The van der Waals surface area contributed by atoms with Crippen molar-refractivity contribution in [1.82, 2.24) is 5.32 Å². The zero-order chi connectivity index (χ0) is 15.9. The van der Waals surface area contributed by atoms with E-state index in [4.69, 9.17) is 0 Å². The van der Waals surface area contributed by atoms with Crippen molar-refractivity contribution < 1.29 is 14.7 Å². The molecule has 0 radical (unpaired) electrons. The van der Waals surface area contributed by atoms with Gasteiger partial charge in [0.2, 0.25) is 5.91 Å². The van der Waals surface area contributed by atoms with Gasteiger partial charge in [-0.2, -0.15) is 0 Å². The van der Waals surface area contributed by atoms with Gasteiger partial charge in [0.25, 0.3) is 0 Å². The summed E-state index contributed by atoms with van der Waals surface area (Å²) in [4.78, 5) is 23.5. The molecule has 1 aromatic carbocycles. The number of rotatable bonds is 6. The van der Waals surface area contributed by atoms with Crippen LogP contribution < -0.4 is 10.4 Å². The fourth-order valence-corrected chi connectivity index (χ4v) is 3.18. The normalized spacial score (nSPS) is 22.8. The van der Waals surface area contributed by atoms with Crippen LogP contribution in [0.3, 0.4) is 0 Å². The summed E-state index contributed by atoms with van der Waals surface area (Å²) in [5.74, 6) is -2.28. The minimum absolute atomic E-state index is 0.0389. The lowest BCUT2D eigenvalue weighted by molar-refractivity contribution is -0.314. The third-order valence-electron chi connectivity index (χ3n) is 4.50. The number of hydrogen-bond donors (Lipinski definition) is 1. The monoisotopic (exact) mass is 302 g/mol. The van der Waals surface area contributed by atoms with Gasteiger partial charge in [0.05, 0.1) is 0 Å². The first-order valence-corrected chi connectivity index (χ1v) is 8.13. The third-order valence-corrected chi connectivity index (χ3v) is 4.50. The molecule has 0 aliphatic heterocycles. The molecule has 0 bridgehead atoms. The third kappa shape index (κ3) is 4.58. The Balaban J connectivity index is 1.83. The summed E-state index contributed by atoms with van der Waals surface area (Å²) in [6, 6.07) is 10.2. The quantitative estimate of drug-likeness (QED) is 0.869. The Bertz CT molecular complexity index is 500. The molecule has 0 spiro atoms. The number of amides is 1. The SMILES string of the molecule is C[C@@H](CCc1ccccc1)NC(=O)[C@@H]1CCCC[C@@H]1C(=O)[O-]. The van der Waals surface area contributed by atoms with Crippen LogP contribution >= 0.6 is 0 Å². The van der Waals surface area contributed by atoms with Crippen LogP contribution in [-0.2, 0) is 16.0 Å². The second-order valence-corrected chi connectivity index (χ2v) is 6.25. The summed E-state index contributed by atoms with van der Waals surface area (Å²) in [5, 5.41) is 14.1. The summed E-state index contributed by atoms with van der Waals surface area (Å²) in [5.41, 5.74) is 1.24. The Morgan fingerprint density at radius 2 is 1.82 bits per heavy atom. The van der Waals surface area contributed by atoms with E-state index in [0.29, 0.717) is 12.8 Å². The largest absolute Gasteiger partial charge is 0.550 e. The summed E-state index contributed by atoms with van der Waals surface area (Å²) in [7, 11) is 0. The van der Waals surface area contributed by atoms with Crippen molar-refractivity contribution in [3.8, 4) is 0 Å². The van der Waals surface area contributed by atoms with Crippen LogP contribution in [0, 0.1) is 11.8 Å². The van der Waals surface area contributed by atoms with Crippen molar-refractivity contribution in [2.45, 2.75) is 51.5 Å². The van der Waals surface area contributed by atoms with Crippen LogP contribution in [0.15, 0.2) is 30.3 Å². The first-order valence-electron chi connectivity index (χ1n) is 8.13. The summed E-state index contributed by atoms with van der Waals surface area (Å²) < 4.78 is 0. The number of benzene rings is 1. The van der Waals surface area contributed by atoms with E-state index in [1.165, 1.54) is 5.56 Å². The molecule has 0 aromatic heterocycles. The lowest BCUT2D eigenvalue weighted by Gasteiger charge is -2.32. The molecule has 22 heavy (non-hydrogen) atoms. The van der Waals surface area contributed by atoms with Gasteiger partial charge in [-0.1, -0.05) is 43.2 Å². The highest BCUT2D eigenvalue weighted by Crippen LogP contribution is 2.30. The van der Waals surface area contributed by atoms with Crippen molar-refractivity contribution in [2.75, 3.05) is 0 Å². The number of carboxylic acid groups (broad SMARTS) is 1. The van der Waals surface area contributed by atoms with E-state index < -0.39 is 17.8 Å². The zero-order valence-electron chi connectivity index (χ0n) is 13.1. The van der Waals surface area contributed by atoms with Gasteiger partial charge in [-0.3, -0.25) is 4.79 Å². The highest BCUT2D eigenvalue weighted by molar-refractivity contribution is 5.84. The van der Waals surface area contributed by atoms with E-state index in [0.717, 1.165) is 25.7 Å². The standard InChI is InChI=1S/C18H25NO3/c1-13(11-12-14-7-3-2-4-8-14)19-17(20)15-9-5-6-10-16(15)18(21)22/h2-4,7-8,13,15-16H,5-6,9-12H2,1H3,(H,19,20)(H,21,22)/p-1/t13-,15+,16-/m0/s1. The van der Waals surface area contributed by atoms with Crippen molar-refractivity contribution >= 4 is 11.9 Å². The fourth-order valence-electron chi connectivity index (χ4n) is 3.18. The van der Waals surface area contributed by atoms with Gasteiger partial charge in [-0.15, -0.1) is 0 Å². The first-order chi connectivity index (χ1) is 10.6. The van der Waals surface area contributed by atoms with E-state index in [-0.39, 0.29) is 11.9 Å². The summed E-state index contributed by atoms with van der Waals surface area (Å²) in [6.45, 7) is 1.97. The molecule has 0 heterocycles. The van der Waals surface area contributed by atoms with Crippen LogP contribution in [0.4, 0.5) is 0 Å². The molecule has 1 aromatic rings. The molecule has 1 saturated carbocycles. The molecule has 120 valence electrons. The molecule has 1 fully saturated rings. The molecule has 1 aliphatic rings. The Morgan fingerprint density at radius 3 is 2.45 bits per heavy atom. The zero-order valence-corrected chi connectivity index (χ0v) is 13.1. The predicted molar refractivity (Wildman–Crippen MR) is 82.8 cm³/mol. The van der Waals surface area contributed by atoms with Gasteiger partial charge in [-0.25, -0.2) is 0 Å². The van der Waals surface area contributed by atoms with Crippen molar-refractivity contribution in [2.24, 2.45) is 11.8 Å². The molecule has 4 heteroatoms. The maximum atomic E-state index is 12.3. The Morgan fingerprint density at radius 1 is 1.18 bits per heavy atom. The molecule has 0 unspecified atom stereocenters. The van der Waals surface area contributed by atoms with Crippen LogP contribution in [0.2, 0.25) is 0 Å². The van der Waals surface area contributed by atoms with E-state index in [1.54, 1.807) is 0 Å². The first kappa shape index (κ1) is 16.5. The highest BCUT2D eigenvalue weighted by atomic mass is 16.4. The van der Waals surface area contributed by atoms with Gasteiger partial charge in [0.15, 0.2) is 0 Å². The number of nitrogens with one attached hydrogen (secondary N) is 1. The number of carbonyl (C=O) groups excluding carboxylic acids is 2. The van der Waals surface area contributed by atoms with Gasteiger partial charge >= 0.3 is 0 Å². The molecule has 2 rings (SSSR count). The maximum Gasteiger partial charge on any atom is 0.223 e. The second-order valence-electron chi connectivity index (χ2n) is 6.25. The maximum absolute atomic E-state index is 12.3. The van der Waals surface area contributed by atoms with Crippen LogP contribution in [-0.4, -0.2) is 17.9 Å². The molecule has 1 N–H and O–H groups in total. The number of carboxylic acids is 1. The number of carbonyl (C=O) groups is 2. The van der Waals surface area contributed by atoms with Gasteiger partial charge in [0.1, 0.15) is 0 Å². The van der Waals surface area contributed by atoms with Crippen LogP contribution in [0.5, 0.6) is 0 Å². The molecule has 1 aliphatic carbocycles. The van der Waals surface area contributed by atoms with Crippen molar-refractivity contribution in [3.05, 3.63) is 35.9 Å². The van der Waals surface area contributed by atoms with E-state index >= 15 is 0 Å². The van der Waals surface area contributed by atoms with Crippen molar-refractivity contribution in [3.63, 3.8) is 0 Å². The minimum Gasteiger partial charge on any atom is -0.550 e.